The fraction of sp³-hybridized carbons (Fsp3) is 0.300. The first-order valence-corrected chi connectivity index (χ1v) is 8.67. The van der Waals surface area contributed by atoms with Crippen molar-refractivity contribution in [2.75, 3.05) is 18.4 Å². The number of hydrogen-bond donors (Lipinski definition) is 3. The van der Waals surface area contributed by atoms with Gasteiger partial charge in [0.1, 0.15) is 5.82 Å². The van der Waals surface area contributed by atoms with Gasteiger partial charge in [-0.05, 0) is 61.0 Å². The number of halogens is 2. The minimum Gasteiger partial charge on any atom is -0.352 e. The van der Waals surface area contributed by atoms with Crippen LogP contribution in [0.4, 0.5) is 10.1 Å². The molecule has 2 aromatic rings. The number of anilines is 1. The molecule has 1 saturated heterocycles. The molecular weight excluding hydrogens is 369 g/mol. The van der Waals surface area contributed by atoms with Crippen LogP contribution < -0.4 is 16.0 Å². The Kier molecular flexibility index (Phi) is 7.33. The molecule has 0 aliphatic carbocycles. The van der Waals surface area contributed by atoms with E-state index in [0.29, 0.717) is 23.7 Å². The van der Waals surface area contributed by atoms with Gasteiger partial charge in [0.05, 0.1) is 0 Å². The van der Waals surface area contributed by atoms with E-state index in [-0.39, 0.29) is 36.0 Å². The zero-order chi connectivity index (χ0) is 18.5. The smallest absolute Gasteiger partial charge is 0.255 e. The SMILES string of the molecule is CC(C(=O)NCc1ccc(NC(=O)c2ccc(F)cc2)cc1)C1CNC1.Cl. The van der Waals surface area contributed by atoms with Crippen molar-refractivity contribution in [2.45, 2.75) is 13.5 Å². The van der Waals surface area contributed by atoms with Crippen LogP contribution in [-0.2, 0) is 11.3 Å². The van der Waals surface area contributed by atoms with Crippen LogP contribution in [0.15, 0.2) is 48.5 Å². The third-order valence-electron chi connectivity index (χ3n) is 4.72. The summed E-state index contributed by atoms with van der Waals surface area (Å²) >= 11 is 0. The quantitative estimate of drug-likeness (QED) is 0.709. The molecule has 1 fully saturated rings. The molecule has 1 aliphatic heterocycles. The zero-order valence-corrected chi connectivity index (χ0v) is 15.8. The van der Waals surface area contributed by atoms with Crippen molar-refractivity contribution in [2.24, 2.45) is 11.8 Å². The van der Waals surface area contributed by atoms with Crippen molar-refractivity contribution in [1.82, 2.24) is 10.6 Å². The summed E-state index contributed by atoms with van der Waals surface area (Å²) < 4.78 is 12.9. The standard InChI is InChI=1S/C20H22FN3O2.ClH/c1-13(16-11-22-12-16)19(25)23-10-14-2-8-18(9-3-14)24-20(26)15-4-6-17(21)7-5-15;/h2-9,13,16,22H,10-12H2,1H3,(H,23,25)(H,24,26);1H. The van der Waals surface area contributed by atoms with Gasteiger partial charge in [0.2, 0.25) is 5.91 Å². The Bertz CT molecular complexity index is 777. The van der Waals surface area contributed by atoms with Crippen LogP contribution in [0.3, 0.4) is 0 Å². The molecule has 5 nitrogen and oxygen atoms in total. The highest BCUT2D eigenvalue weighted by molar-refractivity contribution is 6.04. The van der Waals surface area contributed by atoms with Gasteiger partial charge in [-0.15, -0.1) is 12.4 Å². The van der Waals surface area contributed by atoms with Gasteiger partial charge in [-0.1, -0.05) is 19.1 Å². The first-order chi connectivity index (χ1) is 12.5. The summed E-state index contributed by atoms with van der Waals surface area (Å²) in [6.07, 6.45) is 0. The molecule has 1 unspecified atom stereocenters. The second-order valence-electron chi connectivity index (χ2n) is 6.58. The monoisotopic (exact) mass is 391 g/mol. The highest BCUT2D eigenvalue weighted by Crippen LogP contribution is 2.16. The third-order valence-corrected chi connectivity index (χ3v) is 4.72. The average Bonchev–Trinajstić information content (AvgIpc) is 2.60. The van der Waals surface area contributed by atoms with Crippen LogP contribution in [-0.4, -0.2) is 24.9 Å². The first-order valence-electron chi connectivity index (χ1n) is 8.67. The number of carbonyl (C=O) groups excluding carboxylic acids is 2. The molecule has 0 saturated carbocycles. The molecular formula is C20H23ClFN3O2. The molecule has 0 aromatic heterocycles. The number of benzene rings is 2. The van der Waals surface area contributed by atoms with Gasteiger partial charge in [0.25, 0.3) is 5.91 Å². The van der Waals surface area contributed by atoms with E-state index in [0.717, 1.165) is 18.7 Å². The van der Waals surface area contributed by atoms with Gasteiger partial charge in [0, 0.05) is 23.7 Å². The summed E-state index contributed by atoms with van der Waals surface area (Å²) in [4.78, 5) is 24.2. The van der Waals surface area contributed by atoms with Crippen molar-refractivity contribution >= 4 is 29.9 Å². The molecule has 1 atom stereocenters. The molecule has 0 radical (unpaired) electrons. The molecule has 3 N–H and O–H groups in total. The number of carbonyl (C=O) groups is 2. The van der Waals surface area contributed by atoms with Crippen molar-refractivity contribution in [3.05, 3.63) is 65.5 Å². The van der Waals surface area contributed by atoms with Crippen molar-refractivity contribution in [3.8, 4) is 0 Å². The molecule has 2 aromatic carbocycles. The topological polar surface area (TPSA) is 70.2 Å². The molecule has 1 heterocycles. The molecule has 27 heavy (non-hydrogen) atoms. The van der Waals surface area contributed by atoms with E-state index in [1.165, 1.54) is 24.3 Å². The van der Waals surface area contributed by atoms with E-state index in [9.17, 15) is 14.0 Å². The minimum atomic E-state index is -0.379. The largest absolute Gasteiger partial charge is 0.352 e. The molecule has 0 spiro atoms. The van der Waals surface area contributed by atoms with E-state index in [2.05, 4.69) is 16.0 Å². The van der Waals surface area contributed by atoms with Gasteiger partial charge in [-0.3, -0.25) is 9.59 Å². The van der Waals surface area contributed by atoms with E-state index in [1.54, 1.807) is 12.1 Å². The molecule has 1 aliphatic rings. The number of amides is 2. The van der Waals surface area contributed by atoms with E-state index in [1.807, 2.05) is 19.1 Å². The maximum absolute atomic E-state index is 12.9. The maximum Gasteiger partial charge on any atom is 0.255 e. The molecule has 144 valence electrons. The lowest BCUT2D eigenvalue weighted by Gasteiger charge is -2.31. The van der Waals surface area contributed by atoms with Gasteiger partial charge in [-0.25, -0.2) is 4.39 Å². The maximum atomic E-state index is 12.9. The third kappa shape index (κ3) is 5.52. The number of rotatable bonds is 6. The van der Waals surface area contributed by atoms with Gasteiger partial charge >= 0.3 is 0 Å². The van der Waals surface area contributed by atoms with Crippen LogP contribution in [0.2, 0.25) is 0 Å². The number of nitrogens with one attached hydrogen (secondary N) is 3. The van der Waals surface area contributed by atoms with E-state index in [4.69, 9.17) is 0 Å². The summed E-state index contributed by atoms with van der Waals surface area (Å²) in [5.74, 6) is -0.195. The molecule has 0 bridgehead atoms. The van der Waals surface area contributed by atoms with Crippen molar-refractivity contribution in [3.63, 3.8) is 0 Å². The lowest BCUT2D eigenvalue weighted by molar-refractivity contribution is -0.126. The summed E-state index contributed by atoms with van der Waals surface area (Å²) in [6, 6.07) is 12.7. The average molecular weight is 392 g/mol. The lowest BCUT2D eigenvalue weighted by Crippen LogP contribution is -2.49. The summed E-state index contributed by atoms with van der Waals surface area (Å²) in [5.41, 5.74) is 1.99. The Labute approximate surface area is 164 Å². The molecule has 2 amide bonds. The van der Waals surface area contributed by atoms with Gasteiger partial charge in [-0.2, -0.15) is 0 Å². The van der Waals surface area contributed by atoms with E-state index >= 15 is 0 Å². The van der Waals surface area contributed by atoms with Gasteiger partial charge in [0.15, 0.2) is 0 Å². The fourth-order valence-electron chi connectivity index (χ4n) is 2.74. The summed E-state index contributed by atoms with van der Waals surface area (Å²) in [7, 11) is 0. The Balaban J connectivity index is 0.00000261. The highest BCUT2D eigenvalue weighted by atomic mass is 35.5. The molecule has 3 rings (SSSR count). The molecule has 7 heteroatoms. The predicted molar refractivity (Wildman–Crippen MR) is 105 cm³/mol. The Morgan fingerprint density at radius 1 is 1.11 bits per heavy atom. The predicted octanol–water partition coefficient (Wildman–Crippen LogP) is 2.97. The Morgan fingerprint density at radius 2 is 1.74 bits per heavy atom. The van der Waals surface area contributed by atoms with Crippen LogP contribution in [0, 0.1) is 17.7 Å². The number of hydrogen-bond acceptors (Lipinski definition) is 3. The highest BCUT2D eigenvalue weighted by Gasteiger charge is 2.28. The second kappa shape index (κ2) is 9.48. The van der Waals surface area contributed by atoms with E-state index < -0.39 is 0 Å². The summed E-state index contributed by atoms with van der Waals surface area (Å²) in [5, 5.41) is 8.89. The summed E-state index contributed by atoms with van der Waals surface area (Å²) in [6.45, 7) is 4.21. The van der Waals surface area contributed by atoms with Crippen LogP contribution >= 0.6 is 12.4 Å². The normalized spacial score (nSPS) is 14.4. The Morgan fingerprint density at radius 3 is 2.30 bits per heavy atom. The lowest BCUT2D eigenvalue weighted by atomic mass is 9.88. The minimum absolute atomic E-state index is 0. The van der Waals surface area contributed by atoms with Crippen LogP contribution in [0.1, 0.15) is 22.8 Å². The second-order valence-corrected chi connectivity index (χ2v) is 6.58. The van der Waals surface area contributed by atoms with Crippen LogP contribution in [0.25, 0.3) is 0 Å². The fourth-order valence-corrected chi connectivity index (χ4v) is 2.74. The zero-order valence-electron chi connectivity index (χ0n) is 15.0. The van der Waals surface area contributed by atoms with Crippen LogP contribution in [0.5, 0.6) is 0 Å². The van der Waals surface area contributed by atoms with Crippen molar-refractivity contribution < 1.29 is 14.0 Å². The van der Waals surface area contributed by atoms with Crippen molar-refractivity contribution in [1.29, 1.82) is 0 Å². The van der Waals surface area contributed by atoms with Gasteiger partial charge < -0.3 is 16.0 Å². The first kappa shape index (κ1) is 20.9. The Hall–Kier alpha value is -2.44.